The van der Waals surface area contributed by atoms with E-state index in [1.165, 1.54) is 13.4 Å². The summed E-state index contributed by atoms with van der Waals surface area (Å²) in [4.78, 5) is 17.7. The van der Waals surface area contributed by atoms with E-state index >= 15 is 0 Å². The zero-order valence-corrected chi connectivity index (χ0v) is 11.1. The van der Waals surface area contributed by atoms with Crippen molar-refractivity contribution in [3.63, 3.8) is 0 Å². The summed E-state index contributed by atoms with van der Waals surface area (Å²) >= 11 is 1.56. The maximum absolute atomic E-state index is 5.28. The zero-order valence-electron chi connectivity index (χ0n) is 10.3. The molecule has 0 atom stereocenters. The maximum atomic E-state index is 5.28. The number of nitrogens with zero attached hydrogens (tertiary/aromatic N) is 4. The Kier molecular flexibility index (Phi) is 2.96. The average Bonchev–Trinajstić information content (AvgIpc) is 2.95. The van der Waals surface area contributed by atoms with Crippen molar-refractivity contribution in [2.75, 3.05) is 14.2 Å². The molecule has 0 spiro atoms. The number of thiophene rings is 1. The number of ether oxygens (including phenoxy) is 2. The van der Waals surface area contributed by atoms with Crippen LogP contribution in [0.2, 0.25) is 0 Å². The summed E-state index contributed by atoms with van der Waals surface area (Å²) in [7, 11) is 3.06. The lowest BCUT2D eigenvalue weighted by atomic mass is 10.1. The van der Waals surface area contributed by atoms with Gasteiger partial charge in [0.05, 0.1) is 25.5 Å². The van der Waals surface area contributed by atoms with Crippen LogP contribution in [0.25, 0.3) is 21.5 Å². The van der Waals surface area contributed by atoms with Gasteiger partial charge in [-0.25, -0.2) is 15.0 Å². The number of fused-ring (bicyclic) bond motifs is 1. The van der Waals surface area contributed by atoms with Crippen molar-refractivity contribution >= 4 is 21.6 Å². The molecule has 0 bridgehead atoms. The monoisotopic (exact) mass is 274 g/mol. The molecule has 96 valence electrons. The fraction of sp³-hybridized carbons (Fsp3) is 0.167. The molecule has 6 nitrogen and oxygen atoms in total. The topological polar surface area (TPSA) is 70.0 Å². The van der Waals surface area contributed by atoms with Gasteiger partial charge in [0.15, 0.2) is 0 Å². The summed E-state index contributed by atoms with van der Waals surface area (Å²) in [6.07, 6.45) is 3.17. The molecule has 0 fully saturated rings. The minimum Gasteiger partial charge on any atom is -0.480 e. The van der Waals surface area contributed by atoms with Gasteiger partial charge in [-0.05, 0) is 11.4 Å². The third kappa shape index (κ3) is 1.97. The van der Waals surface area contributed by atoms with E-state index in [1.807, 2.05) is 11.4 Å². The molecule has 0 radical (unpaired) electrons. The first-order valence-corrected chi connectivity index (χ1v) is 6.35. The lowest BCUT2D eigenvalue weighted by Gasteiger charge is -2.08. The molecule has 0 saturated carbocycles. The Morgan fingerprint density at radius 3 is 2.79 bits per heavy atom. The standard InChI is InChI=1S/C12H10N4O2S/c1-17-10-8(5-13-12(16-10)18-2)9-7-3-4-19-11(7)15-6-14-9/h3-6H,1-2H3. The van der Waals surface area contributed by atoms with Gasteiger partial charge in [-0.1, -0.05) is 0 Å². The molecular formula is C12H10N4O2S. The van der Waals surface area contributed by atoms with Crippen molar-refractivity contribution in [2.45, 2.75) is 0 Å². The van der Waals surface area contributed by atoms with Crippen LogP contribution in [-0.4, -0.2) is 34.2 Å². The van der Waals surface area contributed by atoms with Crippen LogP contribution in [0.3, 0.4) is 0 Å². The number of methoxy groups -OCH3 is 2. The number of rotatable bonds is 3. The molecule has 3 aromatic heterocycles. The quantitative estimate of drug-likeness (QED) is 0.729. The molecule has 0 unspecified atom stereocenters. The summed E-state index contributed by atoms with van der Waals surface area (Å²) in [5.41, 5.74) is 1.47. The first-order valence-electron chi connectivity index (χ1n) is 5.47. The smallest absolute Gasteiger partial charge is 0.319 e. The van der Waals surface area contributed by atoms with Crippen molar-refractivity contribution in [3.8, 4) is 23.1 Å². The Balaban J connectivity index is 2.23. The highest BCUT2D eigenvalue weighted by molar-refractivity contribution is 7.16. The van der Waals surface area contributed by atoms with Gasteiger partial charge in [-0.3, -0.25) is 0 Å². The van der Waals surface area contributed by atoms with Crippen molar-refractivity contribution in [1.29, 1.82) is 0 Å². The largest absolute Gasteiger partial charge is 0.480 e. The predicted octanol–water partition coefficient (Wildman–Crippen LogP) is 2.17. The van der Waals surface area contributed by atoms with Gasteiger partial charge in [0.2, 0.25) is 5.88 Å². The molecule has 0 aliphatic heterocycles. The van der Waals surface area contributed by atoms with Gasteiger partial charge in [-0.2, -0.15) is 4.98 Å². The van der Waals surface area contributed by atoms with Crippen LogP contribution >= 0.6 is 11.3 Å². The summed E-state index contributed by atoms with van der Waals surface area (Å²) in [6, 6.07) is 2.23. The van der Waals surface area contributed by atoms with Gasteiger partial charge in [-0.15, -0.1) is 11.3 Å². The second-order valence-corrected chi connectivity index (χ2v) is 4.54. The molecule has 0 aliphatic rings. The normalized spacial score (nSPS) is 10.6. The molecule has 3 rings (SSSR count). The van der Waals surface area contributed by atoms with Crippen LogP contribution in [0.1, 0.15) is 0 Å². The summed E-state index contributed by atoms with van der Waals surface area (Å²) in [6.45, 7) is 0. The molecular weight excluding hydrogens is 264 g/mol. The molecule has 3 heterocycles. The Morgan fingerprint density at radius 2 is 2.00 bits per heavy atom. The van der Waals surface area contributed by atoms with Crippen LogP contribution in [0.4, 0.5) is 0 Å². The molecule has 3 aromatic rings. The van der Waals surface area contributed by atoms with E-state index in [0.29, 0.717) is 11.4 Å². The summed E-state index contributed by atoms with van der Waals surface area (Å²) < 4.78 is 10.3. The molecule has 0 aromatic carbocycles. The van der Waals surface area contributed by atoms with Crippen LogP contribution in [-0.2, 0) is 0 Å². The molecule has 19 heavy (non-hydrogen) atoms. The van der Waals surface area contributed by atoms with Crippen molar-refractivity contribution in [3.05, 3.63) is 24.0 Å². The highest BCUT2D eigenvalue weighted by Crippen LogP contribution is 2.33. The lowest BCUT2D eigenvalue weighted by molar-refractivity contribution is 0.353. The van der Waals surface area contributed by atoms with E-state index in [1.54, 1.807) is 24.6 Å². The molecule has 0 saturated heterocycles. The van der Waals surface area contributed by atoms with E-state index < -0.39 is 0 Å². The average molecular weight is 274 g/mol. The fourth-order valence-corrected chi connectivity index (χ4v) is 2.50. The second kappa shape index (κ2) is 4.77. The predicted molar refractivity (Wildman–Crippen MR) is 71.5 cm³/mol. The second-order valence-electron chi connectivity index (χ2n) is 3.64. The van der Waals surface area contributed by atoms with Crippen LogP contribution in [0, 0.1) is 0 Å². The Hall–Kier alpha value is -2.28. The highest BCUT2D eigenvalue weighted by atomic mass is 32.1. The molecule has 0 aliphatic carbocycles. The Morgan fingerprint density at radius 1 is 1.11 bits per heavy atom. The third-order valence-corrected chi connectivity index (χ3v) is 3.45. The van der Waals surface area contributed by atoms with Gasteiger partial charge in [0, 0.05) is 11.6 Å². The minimum atomic E-state index is 0.260. The number of hydrogen-bond donors (Lipinski definition) is 0. The van der Waals surface area contributed by atoms with Crippen LogP contribution < -0.4 is 9.47 Å². The zero-order chi connectivity index (χ0) is 13.2. The maximum Gasteiger partial charge on any atom is 0.319 e. The van der Waals surface area contributed by atoms with Gasteiger partial charge in [0.1, 0.15) is 11.2 Å². The van der Waals surface area contributed by atoms with E-state index in [-0.39, 0.29) is 6.01 Å². The number of hydrogen-bond acceptors (Lipinski definition) is 7. The van der Waals surface area contributed by atoms with Gasteiger partial charge in [0.25, 0.3) is 0 Å². The Bertz CT molecular complexity index is 729. The van der Waals surface area contributed by atoms with Crippen molar-refractivity contribution < 1.29 is 9.47 Å². The van der Waals surface area contributed by atoms with E-state index in [9.17, 15) is 0 Å². The minimum absolute atomic E-state index is 0.260. The van der Waals surface area contributed by atoms with E-state index in [4.69, 9.17) is 9.47 Å². The number of aromatic nitrogens is 4. The van der Waals surface area contributed by atoms with Crippen LogP contribution in [0.5, 0.6) is 11.9 Å². The third-order valence-electron chi connectivity index (χ3n) is 2.62. The first kappa shape index (κ1) is 11.8. The van der Waals surface area contributed by atoms with Crippen molar-refractivity contribution in [1.82, 2.24) is 19.9 Å². The SMILES string of the molecule is COc1ncc(-c2ncnc3sccc23)c(OC)n1. The summed E-state index contributed by atoms with van der Waals surface area (Å²) in [5.74, 6) is 0.429. The molecule has 0 amide bonds. The Labute approximate surface area is 113 Å². The van der Waals surface area contributed by atoms with Gasteiger partial charge >= 0.3 is 6.01 Å². The van der Waals surface area contributed by atoms with E-state index in [0.717, 1.165) is 15.9 Å². The van der Waals surface area contributed by atoms with E-state index in [2.05, 4.69) is 19.9 Å². The highest BCUT2D eigenvalue weighted by Gasteiger charge is 2.15. The fourth-order valence-electron chi connectivity index (χ4n) is 1.77. The first-order chi connectivity index (χ1) is 9.33. The summed E-state index contributed by atoms with van der Waals surface area (Å²) in [5, 5.41) is 2.93. The molecule has 7 heteroatoms. The van der Waals surface area contributed by atoms with Crippen LogP contribution in [0.15, 0.2) is 24.0 Å². The van der Waals surface area contributed by atoms with Crippen molar-refractivity contribution in [2.24, 2.45) is 0 Å². The van der Waals surface area contributed by atoms with Gasteiger partial charge < -0.3 is 9.47 Å². The lowest BCUT2D eigenvalue weighted by Crippen LogP contribution is -1.98. The molecule has 0 N–H and O–H groups in total.